The second kappa shape index (κ2) is 2.99. The van der Waals surface area contributed by atoms with Crippen molar-refractivity contribution in [1.82, 2.24) is 0 Å². The van der Waals surface area contributed by atoms with Gasteiger partial charge in [-0.1, -0.05) is 0 Å². The summed E-state index contributed by atoms with van der Waals surface area (Å²) in [6.45, 7) is 0. The van der Waals surface area contributed by atoms with Gasteiger partial charge < -0.3 is 5.84 Å². The van der Waals surface area contributed by atoms with E-state index in [0.717, 1.165) is 5.56 Å². The number of hydrogen-bond donors (Lipinski definition) is 1. The van der Waals surface area contributed by atoms with E-state index < -0.39 is 0 Å². The minimum Gasteiger partial charge on any atom is -0.323 e. The van der Waals surface area contributed by atoms with E-state index in [1.165, 1.54) is 17.6 Å². The van der Waals surface area contributed by atoms with E-state index in [4.69, 9.17) is 11.1 Å². The van der Waals surface area contributed by atoms with Gasteiger partial charge in [-0.15, -0.1) is 11.3 Å². The number of thiophene rings is 1. The molecule has 0 spiro atoms. The van der Waals surface area contributed by atoms with E-state index in [2.05, 4.69) is 5.10 Å². The average Bonchev–Trinajstić information content (AvgIpc) is 2.36. The molecule has 0 unspecified atom stereocenters. The zero-order chi connectivity index (χ0) is 7.40. The molecule has 2 N–H and O–H groups in total. The second-order valence-corrected chi connectivity index (χ2v) is 2.51. The highest BCUT2D eigenvalue weighted by Crippen LogP contribution is 2.12. The summed E-state index contributed by atoms with van der Waals surface area (Å²) in [7, 11) is 0. The van der Waals surface area contributed by atoms with Crippen molar-refractivity contribution in [1.29, 1.82) is 5.26 Å². The Kier molecular flexibility index (Phi) is 2.03. The summed E-state index contributed by atoms with van der Waals surface area (Å²) in [6, 6.07) is 3.84. The quantitative estimate of drug-likeness (QED) is 0.368. The lowest BCUT2D eigenvalue weighted by atomic mass is 10.3. The summed E-state index contributed by atoms with van der Waals surface area (Å²) in [6.07, 6.45) is 1.47. The molecule has 0 saturated heterocycles. The molecule has 1 rings (SSSR count). The topological polar surface area (TPSA) is 62.2 Å². The molecule has 10 heavy (non-hydrogen) atoms. The lowest BCUT2D eigenvalue weighted by Gasteiger charge is -1.81. The van der Waals surface area contributed by atoms with Crippen molar-refractivity contribution in [2.24, 2.45) is 10.9 Å². The van der Waals surface area contributed by atoms with Crippen LogP contribution in [0.2, 0.25) is 0 Å². The minimum atomic E-state index is 0.647. The van der Waals surface area contributed by atoms with E-state index in [1.807, 2.05) is 11.4 Å². The number of rotatable bonds is 1. The molecule has 0 radical (unpaired) electrons. The van der Waals surface area contributed by atoms with Crippen molar-refractivity contribution in [2.45, 2.75) is 0 Å². The molecule has 0 saturated carbocycles. The summed E-state index contributed by atoms with van der Waals surface area (Å²) in [5.74, 6) is 4.91. The maximum Gasteiger partial charge on any atom is 0.113 e. The van der Waals surface area contributed by atoms with E-state index in [1.54, 1.807) is 6.07 Å². The highest BCUT2D eigenvalue weighted by molar-refractivity contribution is 7.10. The van der Waals surface area contributed by atoms with Crippen molar-refractivity contribution >= 4 is 17.6 Å². The zero-order valence-electron chi connectivity index (χ0n) is 5.11. The molecule has 0 aliphatic carbocycles. The third kappa shape index (κ3) is 1.14. The maximum absolute atomic E-state index is 8.49. The Hall–Kier alpha value is -1.34. The van der Waals surface area contributed by atoms with E-state index >= 15 is 0 Å². The third-order valence-electron chi connectivity index (χ3n) is 1.01. The summed E-state index contributed by atoms with van der Waals surface area (Å²) in [5, 5.41) is 13.6. The second-order valence-electron chi connectivity index (χ2n) is 1.60. The lowest BCUT2D eigenvalue weighted by Crippen LogP contribution is -1.85. The summed E-state index contributed by atoms with van der Waals surface area (Å²) in [4.78, 5) is 0.647. The Balaban J connectivity index is 3.04. The van der Waals surface area contributed by atoms with Gasteiger partial charge in [-0.2, -0.15) is 10.4 Å². The summed E-state index contributed by atoms with van der Waals surface area (Å²) < 4.78 is 0. The van der Waals surface area contributed by atoms with Crippen molar-refractivity contribution in [3.63, 3.8) is 0 Å². The Bertz CT molecular complexity index is 281. The molecule has 50 valence electrons. The Morgan fingerprint density at radius 2 is 2.60 bits per heavy atom. The van der Waals surface area contributed by atoms with Gasteiger partial charge in [-0.25, -0.2) is 0 Å². The smallest absolute Gasteiger partial charge is 0.113 e. The molecule has 1 aromatic heterocycles. The monoisotopic (exact) mass is 151 g/mol. The largest absolute Gasteiger partial charge is 0.323 e. The summed E-state index contributed by atoms with van der Waals surface area (Å²) in [5.41, 5.74) is 0.787. The number of hydrogen-bond acceptors (Lipinski definition) is 4. The van der Waals surface area contributed by atoms with Crippen LogP contribution in [0.5, 0.6) is 0 Å². The number of nitriles is 1. The Morgan fingerprint density at radius 1 is 1.80 bits per heavy atom. The molecule has 0 aliphatic rings. The van der Waals surface area contributed by atoms with Gasteiger partial charge in [0.1, 0.15) is 10.9 Å². The van der Waals surface area contributed by atoms with Gasteiger partial charge >= 0.3 is 0 Å². The molecule has 1 heterocycles. The molecule has 0 bridgehead atoms. The first-order chi connectivity index (χ1) is 4.88. The van der Waals surface area contributed by atoms with Crippen LogP contribution in [-0.2, 0) is 0 Å². The van der Waals surface area contributed by atoms with Crippen LogP contribution in [0.3, 0.4) is 0 Å². The van der Waals surface area contributed by atoms with Gasteiger partial charge in [0.05, 0.1) is 6.21 Å². The minimum absolute atomic E-state index is 0.647. The Labute approximate surface area is 62.4 Å². The number of nitrogens with zero attached hydrogens (tertiary/aromatic N) is 2. The first-order valence-electron chi connectivity index (χ1n) is 2.59. The molecule has 3 nitrogen and oxygen atoms in total. The molecular weight excluding hydrogens is 146 g/mol. The van der Waals surface area contributed by atoms with Crippen molar-refractivity contribution in [3.05, 3.63) is 21.9 Å². The number of hydrazone groups is 1. The molecule has 4 heteroatoms. The van der Waals surface area contributed by atoms with E-state index in [0.29, 0.717) is 4.88 Å². The maximum atomic E-state index is 8.49. The molecule has 0 atom stereocenters. The van der Waals surface area contributed by atoms with Crippen LogP contribution in [0.4, 0.5) is 0 Å². The van der Waals surface area contributed by atoms with Crippen LogP contribution in [-0.4, -0.2) is 6.21 Å². The van der Waals surface area contributed by atoms with Gasteiger partial charge in [-0.05, 0) is 11.4 Å². The van der Waals surface area contributed by atoms with Crippen LogP contribution in [0.15, 0.2) is 16.5 Å². The van der Waals surface area contributed by atoms with Crippen LogP contribution >= 0.6 is 11.3 Å². The highest BCUT2D eigenvalue weighted by Gasteiger charge is 1.97. The average molecular weight is 151 g/mol. The standard InChI is InChI=1S/C6H5N3S/c7-3-6-5(4-9-8)1-2-10-6/h1-2,4H,8H2/b9-4+. The van der Waals surface area contributed by atoms with Gasteiger partial charge in [0.2, 0.25) is 0 Å². The van der Waals surface area contributed by atoms with Crippen molar-refractivity contribution in [2.75, 3.05) is 0 Å². The first kappa shape index (κ1) is 6.78. The molecular formula is C6H5N3S. The van der Waals surface area contributed by atoms with Crippen LogP contribution in [0, 0.1) is 11.3 Å². The zero-order valence-corrected chi connectivity index (χ0v) is 5.93. The van der Waals surface area contributed by atoms with Gasteiger partial charge in [0.25, 0.3) is 0 Å². The Morgan fingerprint density at radius 3 is 3.20 bits per heavy atom. The van der Waals surface area contributed by atoms with Gasteiger partial charge in [-0.3, -0.25) is 0 Å². The van der Waals surface area contributed by atoms with E-state index in [9.17, 15) is 0 Å². The lowest BCUT2D eigenvalue weighted by molar-refractivity contribution is 1.26. The van der Waals surface area contributed by atoms with Crippen LogP contribution < -0.4 is 5.84 Å². The first-order valence-corrected chi connectivity index (χ1v) is 3.47. The fourth-order valence-corrected chi connectivity index (χ4v) is 1.25. The molecule has 1 aromatic rings. The van der Waals surface area contributed by atoms with Crippen molar-refractivity contribution in [3.8, 4) is 6.07 Å². The fourth-order valence-electron chi connectivity index (χ4n) is 0.592. The predicted octanol–water partition coefficient (Wildman–Crippen LogP) is 0.912. The molecule has 0 amide bonds. The molecule has 0 aliphatic heterocycles. The van der Waals surface area contributed by atoms with Crippen LogP contribution in [0.25, 0.3) is 0 Å². The molecule has 0 fully saturated rings. The van der Waals surface area contributed by atoms with Gasteiger partial charge in [0.15, 0.2) is 0 Å². The molecule has 0 aromatic carbocycles. The van der Waals surface area contributed by atoms with Crippen LogP contribution in [0.1, 0.15) is 10.4 Å². The fraction of sp³-hybridized carbons (Fsp3) is 0. The van der Waals surface area contributed by atoms with Gasteiger partial charge in [0, 0.05) is 5.56 Å². The predicted molar refractivity (Wildman–Crippen MR) is 40.8 cm³/mol. The normalized spacial score (nSPS) is 9.90. The highest BCUT2D eigenvalue weighted by atomic mass is 32.1. The van der Waals surface area contributed by atoms with Crippen molar-refractivity contribution < 1.29 is 0 Å². The summed E-state index contributed by atoms with van der Waals surface area (Å²) >= 11 is 1.38. The van der Waals surface area contributed by atoms with E-state index in [-0.39, 0.29) is 0 Å². The number of nitrogens with two attached hydrogens (primary N) is 1. The third-order valence-corrected chi connectivity index (χ3v) is 1.85. The SMILES string of the molecule is N#Cc1sccc1/C=N/N.